The van der Waals surface area contributed by atoms with Crippen molar-refractivity contribution in [1.82, 2.24) is 9.88 Å². The highest BCUT2D eigenvalue weighted by atomic mass is 15.0. The molecule has 3 rings (SSSR count). The second-order valence-electron chi connectivity index (χ2n) is 5.55. The Morgan fingerprint density at radius 1 is 1.26 bits per heavy atom. The molecule has 0 saturated heterocycles. The van der Waals surface area contributed by atoms with Crippen molar-refractivity contribution in [1.29, 1.82) is 0 Å². The van der Waals surface area contributed by atoms with Gasteiger partial charge >= 0.3 is 0 Å². The van der Waals surface area contributed by atoms with E-state index in [1.165, 1.54) is 27.6 Å². The molecule has 1 unspecified atom stereocenters. The normalized spacial score (nSPS) is 15.9. The predicted molar refractivity (Wildman–Crippen MR) is 80.1 cm³/mol. The summed E-state index contributed by atoms with van der Waals surface area (Å²) in [7, 11) is 0. The standard InChI is InChI=1S/C16H23N3/c1-3-14(17)5-13-10-19(4-2)16-7-12-9-18-8-11(12)6-15(13)16/h6-7,10,14,18H,3-5,8-9,17H2,1-2H3. The maximum Gasteiger partial charge on any atom is 0.0486 e. The molecule has 0 spiro atoms. The lowest BCUT2D eigenvalue weighted by molar-refractivity contribution is 0.646. The highest BCUT2D eigenvalue weighted by Crippen LogP contribution is 2.28. The summed E-state index contributed by atoms with van der Waals surface area (Å²) in [6, 6.07) is 4.99. The first kappa shape index (κ1) is 12.7. The molecule has 0 aliphatic carbocycles. The van der Waals surface area contributed by atoms with E-state index >= 15 is 0 Å². The number of hydrogen-bond acceptors (Lipinski definition) is 2. The number of benzene rings is 1. The average molecular weight is 257 g/mol. The largest absolute Gasteiger partial charge is 0.347 e. The van der Waals surface area contributed by atoms with E-state index < -0.39 is 0 Å². The van der Waals surface area contributed by atoms with Crippen molar-refractivity contribution in [2.24, 2.45) is 5.73 Å². The fourth-order valence-corrected chi connectivity index (χ4v) is 3.01. The van der Waals surface area contributed by atoms with Gasteiger partial charge in [-0.05, 0) is 48.6 Å². The van der Waals surface area contributed by atoms with Crippen molar-refractivity contribution < 1.29 is 0 Å². The zero-order chi connectivity index (χ0) is 13.4. The van der Waals surface area contributed by atoms with Crippen LogP contribution in [0.1, 0.15) is 37.0 Å². The summed E-state index contributed by atoms with van der Waals surface area (Å²) in [4.78, 5) is 0. The molecule has 0 saturated carbocycles. The molecule has 1 aromatic heterocycles. The lowest BCUT2D eigenvalue weighted by Gasteiger charge is -2.07. The van der Waals surface area contributed by atoms with Gasteiger partial charge in [0.25, 0.3) is 0 Å². The van der Waals surface area contributed by atoms with Crippen LogP contribution in [0.3, 0.4) is 0 Å². The molecule has 0 amide bonds. The summed E-state index contributed by atoms with van der Waals surface area (Å²) in [5.74, 6) is 0. The second-order valence-corrected chi connectivity index (χ2v) is 5.55. The minimum Gasteiger partial charge on any atom is -0.347 e. The first-order valence-corrected chi connectivity index (χ1v) is 7.32. The maximum atomic E-state index is 6.14. The molecule has 1 aromatic carbocycles. The van der Waals surface area contributed by atoms with Gasteiger partial charge in [-0.2, -0.15) is 0 Å². The topological polar surface area (TPSA) is 43.0 Å². The Kier molecular flexibility index (Phi) is 3.33. The molecule has 2 heterocycles. The number of aromatic nitrogens is 1. The highest BCUT2D eigenvalue weighted by molar-refractivity contribution is 5.86. The Morgan fingerprint density at radius 2 is 2.00 bits per heavy atom. The van der Waals surface area contributed by atoms with Crippen molar-refractivity contribution >= 4 is 10.9 Å². The van der Waals surface area contributed by atoms with Crippen molar-refractivity contribution in [3.05, 3.63) is 35.0 Å². The van der Waals surface area contributed by atoms with Crippen LogP contribution in [-0.4, -0.2) is 10.6 Å². The van der Waals surface area contributed by atoms with Crippen molar-refractivity contribution in [3.8, 4) is 0 Å². The van der Waals surface area contributed by atoms with Gasteiger partial charge in [-0.3, -0.25) is 0 Å². The summed E-state index contributed by atoms with van der Waals surface area (Å²) in [5, 5.41) is 4.82. The van der Waals surface area contributed by atoms with Gasteiger partial charge in [0.05, 0.1) is 0 Å². The molecule has 1 aliphatic heterocycles. The van der Waals surface area contributed by atoms with Gasteiger partial charge in [-0.25, -0.2) is 0 Å². The minimum atomic E-state index is 0.266. The summed E-state index contributed by atoms with van der Waals surface area (Å²) < 4.78 is 2.35. The van der Waals surface area contributed by atoms with E-state index in [0.717, 1.165) is 32.5 Å². The number of nitrogens with two attached hydrogens (primary N) is 1. The third-order valence-electron chi connectivity index (χ3n) is 4.26. The van der Waals surface area contributed by atoms with Gasteiger partial charge in [0.2, 0.25) is 0 Å². The van der Waals surface area contributed by atoms with Crippen LogP contribution >= 0.6 is 0 Å². The molecule has 0 fully saturated rings. The number of nitrogens with one attached hydrogen (secondary N) is 1. The van der Waals surface area contributed by atoms with Crippen molar-refractivity contribution in [2.75, 3.05) is 0 Å². The quantitative estimate of drug-likeness (QED) is 0.884. The molecule has 102 valence electrons. The summed E-state index contributed by atoms with van der Waals surface area (Å²) in [6.07, 6.45) is 4.31. The Balaban J connectivity index is 2.12. The van der Waals surface area contributed by atoms with Crippen LogP contribution in [0.2, 0.25) is 0 Å². The summed E-state index contributed by atoms with van der Waals surface area (Å²) >= 11 is 0. The molecule has 1 aliphatic rings. The number of hydrogen-bond donors (Lipinski definition) is 2. The van der Waals surface area contributed by atoms with Crippen LogP contribution in [-0.2, 0) is 26.1 Å². The van der Waals surface area contributed by atoms with Crippen LogP contribution in [0.4, 0.5) is 0 Å². The molecule has 2 aromatic rings. The summed E-state index contributed by atoms with van der Waals surface area (Å²) in [5.41, 5.74) is 11.8. The van der Waals surface area contributed by atoms with Crippen LogP contribution in [0.15, 0.2) is 18.3 Å². The molecule has 0 bridgehead atoms. The SMILES string of the molecule is CCC(N)Cc1cn(CC)c2cc3c(cc12)CNC3. The van der Waals surface area contributed by atoms with Crippen molar-refractivity contribution in [2.45, 2.75) is 52.4 Å². The van der Waals surface area contributed by atoms with Gasteiger partial charge in [-0.1, -0.05) is 6.92 Å². The van der Waals surface area contributed by atoms with E-state index in [9.17, 15) is 0 Å². The van der Waals surface area contributed by atoms with E-state index in [2.05, 4.69) is 42.1 Å². The molecule has 3 heteroatoms. The summed E-state index contributed by atoms with van der Waals surface area (Å²) in [6.45, 7) is 7.38. The lowest BCUT2D eigenvalue weighted by atomic mass is 10.0. The lowest BCUT2D eigenvalue weighted by Crippen LogP contribution is -2.21. The number of nitrogens with zero attached hydrogens (tertiary/aromatic N) is 1. The van der Waals surface area contributed by atoms with E-state index in [0.29, 0.717) is 0 Å². The molecule has 1 atom stereocenters. The minimum absolute atomic E-state index is 0.266. The zero-order valence-corrected chi connectivity index (χ0v) is 11.9. The second kappa shape index (κ2) is 4.99. The van der Waals surface area contributed by atoms with Crippen molar-refractivity contribution in [3.63, 3.8) is 0 Å². The van der Waals surface area contributed by atoms with Gasteiger partial charge in [0.1, 0.15) is 0 Å². The zero-order valence-electron chi connectivity index (χ0n) is 11.9. The molecule has 19 heavy (non-hydrogen) atoms. The molecule has 3 nitrogen and oxygen atoms in total. The Labute approximate surface area is 114 Å². The fraction of sp³-hybridized carbons (Fsp3) is 0.500. The van der Waals surface area contributed by atoms with Gasteiger partial charge in [0.15, 0.2) is 0 Å². The highest BCUT2D eigenvalue weighted by Gasteiger charge is 2.16. The van der Waals surface area contributed by atoms with Crippen LogP contribution in [0.5, 0.6) is 0 Å². The first-order valence-electron chi connectivity index (χ1n) is 7.32. The Bertz CT molecular complexity index is 598. The third kappa shape index (κ3) is 2.17. The molecular weight excluding hydrogens is 234 g/mol. The number of aryl methyl sites for hydroxylation is 1. The maximum absolute atomic E-state index is 6.14. The third-order valence-corrected chi connectivity index (χ3v) is 4.26. The van der Waals surface area contributed by atoms with Gasteiger partial charge in [-0.15, -0.1) is 0 Å². The number of rotatable bonds is 4. The van der Waals surface area contributed by atoms with E-state index in [-0.39, 0.29) is 6.04 Å². The Hall–Kier alpha value is -1.32. The van der Waals surface area contributed by atoms with E-state index in [1.807, 2.05) is 0 Å². The monoisotopic (exact) mass is 257 g/mol. The molecular formula is C16H23N3. The Morgan fingerprint density at radius 3 is 2.68 bits per heavy atom. The van der Waals surface area contributed by atoms with Gasteiger partial charge in [0, 0.05) is 42.8 Å². The van der Waals surface area contributed by atoms with E-state index in [1.54, 1.807) is 0 Å². The molecule has 3 N–H and O–H groups in total. The van der Waals surface area contributed by atoms with Crippen LogP contribution in [0, 0.1) is 0 Å². The average Bonchev–Trinajstić information content (AvgIpc) is 3.00. The van der Waals surface area contributed by atoms with E-state index in [4.69, 9.17) is 5.73 Å². The number of fused-ring (bicyclic) bond motifs is 2. The molecule has 0 radical (unpaired) electrons. The van der Waals surface area contributed by atoms with Crippen LogP contribution < -0.4 is 11.1 Å². The first-order chi connectivity index (χ1) is 9.22. The predicted octanol–water partition coefficient (Wildman–Crippen LogP) is 2.54. The smallest absolute Gasteiger partial charge is 0.0486 e. The fourth-order valence-electron chi connectivity index (χ4n) is 3.01. The van der Waals surface area contributed by atoms with Gasteiger partial charge < -0.3 is 15.6 Å². The van der Waals surface area contributed by atoms with Crippen LogP contribution in [0.25, 0.3) is 10.9 Å².